The fraction of sp³-hybridized carbons (Fsp3) is 0.154. The topological polar surface area (TPSA) is 103 Å². The summed E-state index contributed by atoms with van der Waals surface area (Å²) in [7, 11) is 0. The lowest BCUT2D eigenvalue weighted by Gasteiger charge is -2.13. The zero-order chi connectivity index (χ0) is 24.8. The smallest absolute Gasteiger partial charge is 0.123 e. The first kappa shape index (κ1) is 24.7. The van der Waals surface area contributed by atoms with Crippen LogP contribution < -0.4 is 4.74 Å². The van der Waals surface area contributed by atoms with Crippen LogP contribution in [-0.4, -0.2) is 28.3 Å². The van der Waals surface area contributed by atoms with E-state index < -0.39 is 0 Å². The summed E-state index contributed by atoms with van der Waals surface area (Å²) in [6.07, 6.45) is 0. The minimum Gasteiger partial charge on any atom is -0.491 e. The van der Waals surface area contributed by atoms with E-state index in [0.717, 1.165) is 21.8 Å². The summed E-state index contributed by atoms with van der Waals surface area (Å²) in [5.41, 5.74) is 4.44. The molecule has 0 bridgehead atoms. The number of aromatic nitrogens is 2. The normalized spacial score (nSPS) is 10.5. The van der Waals surface area contributed by atoms with Gasteiger partial charge in [-0.2, -0.15) is 10.5 Å². The van der Waals surface area contributed by atoms with Crippen LogP contribution in [-0.2, 0) is 5.75 Å². The van der Waals surface area contributed by atoms with E-state index in [2.05, 4.69) is 17.1 Å². The van der Waals surface area contributed by atoms with Gasteiger partial charge in [-0.25, -0.2) is 9.97 Å². The number of thioether (sulfide) groups is 1. The van der Waals surface area contributed by atoms with Crippen LogP contribution in [0.1, 0.15) is 22.5 Å². The third-order valence-corrected chi connectivity index (χ3v) is 7.27. The minimum absolute atomic E-state index is 0.0801. The number of hydrogen-bond acceptors (Lipinski definition) is 8. The highest BCUT2D eigenvalue weighted by atomic mass is 35.5. The monoisotopic (exact) mass is 518 g/mol. The molecule has 0 saturated heterocycles. The number of rotatable bonds is 8. The van der Waals surface area contributed by atoms with Crippen molar-refractivity contribution in [3.8, 4) is 39.6 Å². The van der Waals surface area contributed by atoms with E-state index in [0.29, 0.717) is 43.9 Å². The van der Waals surface area contributed by atoms with E-state index >= 15 is 0 Å². The molecule has 1 N–H and O–H groups in total. The van der Waals surface area contributed by atoms with Crippen LogP contribution >= 0.6 is 34.7 Å². The molecule has 4 aromatic rings. The van der Waals surface area contributed by atoms with E-state index in [1.165, 1.54) is 11.8 Å². The fourth-order valence-corrected chi connectivity index (χ4v) is 5.42. The highest BCUT2D eigenvalue weighted by Crippen LogP contribution is 2.36. The first-order valence-electron chi connectivity index (χ1n) is 10.6. The Labute approximate surface area is 216 Å². The molecule has 0 unspecified atom stereocenters. The van der Waals surface area contributed by atoms with Crippen LogP contribution in [0.5, 0.6) is 5.75 Å². The van der Waals surface area contributed by atoms with Crippen LogP contribution in [0.15, 0.2) is 58.9 Å². The van der Waals surface area contributed by atoms with Crippen molar-refractivity contribution < 1.29 is 9.84 Å². The number of aliphatic hydroxyl groups excluding tert-OH is 1. The number of pyridine rings is 1. The summed E-state index contributed by atoms with van der Waals surface area (Å²) in [6.45, 7) is 1.88. The molecule has 0 saturated carbocycles. The van der Waals surface area contributed by atoms with Gasteiger partial charge in [-0.05, 0) is 36.8 Å². The number of hydrogen-bond donors (Lipinski definition) is 1. The predicted octanol–water partition coefficient (Wildman–Crippen LogP) is 6.24. The molecule has 0 fully saturated rings. The van der Waals surface area contributed by atoms with E-state index in [9.17, 15) is 10.5 Å². The number of halogens is 1. The molecule has 0 aliphatic heterocycles. The fourth-order valence-electron chi connectivity index (χ4n) is 3.43. The molecule has 9 heteroatoms. The van der Waals surface area contributed by atoms with Gasteiger partial charge in [0.1, 0.15) is 34.5 Å². The highest BCUT2D eigenvalue weighted by Gasteiger charge is 2.20. The van der Waals surface area contributed by atoms with Crippen molar-refractivity contribution in [3.63, 3.8) is 0 Å². The van der Waals surface area contributed by atoms with Gasteiger partial charge in [0.2, 0.25) is 0 Å². The largest absolute Gasteiger partial charge is 0.491 e. The summed E-state index contributed by atoms with van der Waals surface area (Å²) in [4.78, 5) is 9.29. The summed E-state index contributed by atoms with van der Waals surface area (Å²) in [6, 6.07) is 19.1. The average Bonchev–Trinajstić information content (AvgIpc) is 3.35. The number of nitriles is 2. The lowest BCUT2D eigenvalue weighted by Crippen LogP contribution is -2.02. The lowest BCUT2D eigenvalue weighted by atomic mass is 9.95. The molecule has 0 aliphatic rings. The Bertz CT molecular complexity index is 1420. The van der Waals surface area contributed by atoms with Crippen LogP contribution in [0.3, 0.4) is 0 Å². The lowest BCUT2D eigenvalue weighted by molar-refractivity contribution is 0.201. The Balaban J connectivity index is 1.63. The highest BCUT2D eigenvalue weighted by molar-refractivity contribution is 7.98. The Morgan fingerprint density at radius 3 is 2.34 bits per heavy atom. The van der Waals surface area contributed by atoms with Crippen molar-refractivity contribution >= 4 is 34.7 Å². The van der Waals surface area contributed by atoms with Gasteiger partial charge >= 0.3 is 0 Å². The van der Waals surface area contributed by atoms with E-state index in [-0.39, 0.29) is 13.2 Å². The Kier molecular flexibility index (Phi) is 8.02. The van der Waals surface area contributed by atoms with Crippen molar-refractivity contribution in [1.29, 1.82) is 10.5 Å². The molecule has 6 nitrogen and oxygen atoms in total. The minimum atomic E-state index is -0.0801. The zero-order valence-electron chi connectivity index (χ0n) is 18.7. The van der Waals surface area contributed by atoms with Crippen LogP contribution in [0.4, 0.5) is 0 Å². The second kappa shape index (κ2) is 11.4. The van der Waals surface area contributed by atoms with Crippen LogP contribution in [0.25, 0.3) is 21.7 Å². The summed E-state index contributed by atoms with van der Waals surface area (Å²) in [5, 5.41) is 32.9. The molecule has 174 valence electrons. The van der Waals surface area contributed by atoms with Crippen molar-refractivity contribution in [1.82, 2.24) is 9.97 Å². The molecule has 0 amide bonds. The number of ether oxygens (including phenoxy) is 1. The standard InChI is InChI=1S/C26H19ClN4O2S2/c1-16-22(12-28)24(17-4-8-21(9-5-17)33-11-10-32)23(13-29)26(30-16)35-15-20-14-34-25(31-20)18-2-6-19(27)7-3-18/h2-9,14,32H,10-11,15H2,1H3. The first-order valence-corrected chi connectivity index (χ1v) is 12.8. The Hall–Kier alpha value is -3.40. The molecule has 2 aromatic carbocycles. The van der Waals surface area contributed by atoms with Gasteiger partial charge in [0.25, 0.3) is 0 Å². The Morgan fingerprint density at radius 2 is 1.69 bits per heavy atom. The maximum atomic E-state index is 10.0. The van der Waals surface area contributed by atoms with Gasteiger partial charge in [-0.1, -0.05) is 47.6 Å². The summed E-state index contributed by atoms with van der Waals surface area (Å²) < 4.78 is 5.42. The maximum absolute atomic E-state index is 10.0. The van der Waals surface area contributed by atoms with Gasteiger partial charge in [0.15, 0.2) is 0 Å². The third kappa shape index (κ3) is 5.64. The molecule has 0 spiro atoms. The summed E-state index contributed by atoms with van der Waals surface area (Å²) in [5.74, 6) is 1.13. The maximum Gasteiger partial charge on any atom is 0.123 e. The second-order valence-electron chi connectivity index (χ2n) is 7.39. The van der Waals surface area contributed by atoms with Gasteiger partial charge < -0.3 is 9.84 Å². The second-order valence-corrected chi connectivity index (χ2v) is 9.65. The molecular formula is C26H19ClN4O2S2. The molecule has 2 aromatic heterocycles. The Morgan fingerprint density at radius 1 is 1.00 bits per heavy atom. The first-order chi connectivity index (χ1) is 17.0. The van der Waals surface area contributed by atoms with Gasteiger partial charge in [0, 0.05) is 27.3 Å². The number of thiazole rings is 1. The van der Waals surface area contributed by atoms with Gasteiger partial charge in [-0.3, -0.25) is 0 Å². The molecule has 35 heavy (non-hydrogen) atoms. The number of nitrogens with zero attached hydrogens (tertiary/aromatic N) is 4. The molecule has 2 heterocycles. The molecule has 4 rings (SSSR count). The van der Waals surface area contributed by atoms with Crippen molar-refractivity contribution in [2.24, 2.45) is 0 Å². The third-order valence-electron chi connectivity index (χ3n) is 5.07. The van der Waals surface area contributed by atoms with Crippen LogP contribution in [0, 0.1) is 29.6 Å². The quantitative estimate of drug-likeness (QED) is 0.275. The molecular weight excluding hydrogens is 500 g/mol. The van der Waals surface area contributed by atoms with E-state index in [1.54, 1.807) is 42.5 Å². The molecule has 0 radical (unpaired) electrons. The molecule has 0 aliphatic carbocycles. The number of benzene rings is 2. The van der Waals surface area contributed by atoms with E-state index in [1.807, 2.05) is 29.6 Å². The molecule has 0 atom stereocenters. The van der Waals surface area contributed by atoms with Crippen molar-refractivity contribution in [3.05, 3.63) is 81.4 Å². The average molecular weight is 519 g/mol. The summed E-state index contributed by atoms with van der Waals surface area (Å²) >= 11 is 8.95. The zero-order valence-corrected chi connectivity index (χ0v) is 21.0. The predicted molar refractivity (Wildman–Crippen MR) is 139 cm³/mol. The van der Waals surface area contributed by atoms with Gasteiger partial charge in [-0.15, -0.1) is 11.3 Å². The number of aryl methyl sites for hydroxylation is 1. The van der Waals surface area contributed by atoms with Gasteiger partial charge in [0.05, 0.1) is 29.1 Å². The number of aliphatic hydroxyl groups is 1. The van der Waals surface area contributed by atoms with E-state index in [4.69, 9.17) is 26.4 Å². The van der Waals surface area contributed by atoms with Crippen LogP contribution in [0.2, 0.25) is 5.02 Å². The SMILES string of the molecule is Cc1nc(SCc2csc(-c3ccc(Cl)cc3)n2)c(C#N)c(-c2ccc(OCCO)cc2)c1C#N. The van der Waals surface area contributed by atoms with Crippen molar-refractivity contribution in [2.75, 3.05) is 13.2 Å². The van der Waals surface area contributed by atoms with Crippen molar-refractivity contribution in [2.45, 2.75) is 17.7 Å².